The summed E-state index contributed by atoms with van der Waals surface area (Å²) in [5.74, 6) is 0.767. The number of hydrogen-bond acceptors (Lipinski definition) is 3. The minimum absolute atomic E-state index is 0.390. The lowest BCUT2D eigenvalue weighted by molar-refractivity contribution is 0.285. The Morgan fingerprint density at radius 2 is 2.00 bits per heavy atom. The predicted octanol–water partition coefficient (Wildman–Crippen LogP) is 1.80. The molecule has 78 valence electrons. The highest BCUT2D eigenvalue weighted by molar-refractivity contribution is 7.94. The third kappa shape index (κ3) is 2.48. The average molecular weight is 214 g/mol. The molecule has 0 N–H and O–H groups in total. The molecule has 0 aromatic carbocycles. The summed E-state index contributed by atoms with van der Waals surface area (Å²) in [7, 11) is -1.55. The monoisotopic (exact) mass is 214 g/mol. The van der Waals surface area contributed by atoms with Gasteiger partial charge in [-0.25, -0.2) is 8.42 Å². The summed E-state index contributed by atoms with van der Waals surface area (Å²) in [5.41, 5.74) is 0.750. The van der Waals surface area contributed by atoms with E-state index in [1.807, 2.05) is 0 Å². The van der Waals surface area contributed by atoms with Crippen LogP contribution in [0.1, 0.15) is 13.3 Å². The molecule has 0 aromatic rings. The van der Waals surface area contributed by atoms with Gasteiger partial charge in [-0.05, 0) is 18.6 Å². The Labute approximate surface area is 84.7 Å². The molecule has 0 spiro atoms. The second-order valence-electron chi connectivity index (χ2n) is 3.23. The van der Waals surface area contributed by atoms with Gasteiger partial charge in [-0.2, -0.15) is 0 Å². The number of sulfone groups is 1. The van der Waals surface area contributed by atoms with E-state index < -0.39 is 9.84 Å². The molecule has 0 heterocycles. The molecule has 1 aliphatic rings. The van der Waals surface area contributed by atoms with Gasteiger partial charge in [0, 0.05) is 12.7 Å². The van der Waals surface area contributed by atoms with Gasteiger partial charge >= 0.3 is 0 Å². The number of allylic oxidation sites excluding steroid dienone is 4. The molecule has 1 aliphatic carbocycles. The van der Waals surface area contributed by atoms with Crippen LogP contribution in [0.4, 0.5) is 0 Å². The summed E-state index contributed by atoms with van der Waals surface area (Å²) in [6.07, 6.45) is 6.98. The van der Waals surface area contributed by atoms with Crippen molar-refractivity contribution in [1.29, 1.82) is 0 Å². The summed E-state index contributed by atoms with van der Waals surface area (Å²) in [5, 5.41) is 0. The lowest BCUT2D eigenvalue weighted by Gasteiger charge is -2.03. The van der Waals surface area contributed by atoms with E-state index in [4.69, 9.17) is 4.74 Å². The fourth-order valence-corrected chi connectivity index (χ4v) is 2.36. The van der Waals surface area contributed by atoms with Crippen LogP contribution in [0.2, 0.25) is 0 Å². The molecule has 3 nitrogen and oxygen atoms in total. The molecule has 0 saturated heterocycles. The Kier molecular flexibility index (Phi) is 3.16. The van der Waals surface area contributed by atoms with Crippen LogP contribution in [0.5, 0.6) is 0 Å². The topological polar surface area (TPSA) is 43.4 Å². The largest absolute Gasteiger partial charge is 0.501 e. The van der Waals surface area contributed by atoms with Crippen molar-refractivity contribution in [3.05, 3.63) is 34.5 Å². The van der Waals surface area contributed by atoms with Crippen LogP contribution in [-0.2, 0) is 14.6 Å². The molecule has 0 fully saturated rings. The second-order valence-corrected chi connectivity index (χ2v) is 5.22. The molecule has 0 aromatic heterocycles. The van der Waals surface area contributed by atoms with Crippen LogP contribution < -0.4 is 0 Å². The fourth-order valence-electron chi connectivity index (χ4n) is 1.32. The maximum atomic E-state index is 11.4. The molecule has 0 radical (unpaired) electrons. The number of ether oxygens (including phenoxy) is 1. The molecular weight excluding hydrogens is 200 g/mol. The van der Waals surface area contributed by atoms with E-state index in [9.17, 15) is 8.42 Å². The lowest BCUT2D eigenvalue weighted by Crippen LogP contribution is -2.01. The molecule has 4 heteroatoms. The fraction of sp³-hybridized carbons (Fsp3) is 0.400. The first-order valence-corrected chi connectivity index (χ1v) is 6.16. The number of rotatable bonds is 2. The molecule has 0 unspecified atom stereocenters. The van der Waals surface area contributed by atoms with Gasteiger partial charge in [0.1, 0.15) is 0 Å². The molecular formula is C10H14O3S. The van der Waals surface area contributed by atoms with E-state index >= 15 is 0 Å². The second kappa shape index (κ2) is 4.00. The van der Waals surface area contributed by atoms with Crippen LogP contribution in [0, 0.1) is 0 Å². The Bertz CT molecular complexity index is 411. The first-order valence-electron chi connectivity index (χ1n) is 4.27. The highest BCUT2D eigenvalue weighted by Crippen LogP contribution is 2.22. The zero-order chi connectivity index (χ0) is 10.8. The van der Waals surface area contributed by atoms with Crippen molar-refractivity contribution < 1.29 is 13.2 Å². The SMILES string of the molecule is COC1=CC=C(C)C(S(C)(=O)=O)=CC1. The van der Waals surface area contributed by atoms with Gasteiger partial charge in [0.15, 0.2) is 9.84 Å². The van der Waals surface area contributed by atoms with Gasteiger partial charge in [0.05, 0.1) is 17.8 Å². The van der Waals surface area contributed by atoms with E-state index in [1.165, 1.54) is 6.26 Å². The van der Waals surface area contributed by atoms with Crippen molar-refractivity contribution in [2.75, 3.05) is 13.4 Å². The zero-order valence-electron chi connectivity index (χ0n) is 8.57. The van der Waals surface area contributed by atoms with E-state index in [-0.39, 0.29) is 0 Å². The molecule has 1 rings (SSSR count). The van der Waals surface area contributed by atoms with Crippen LogP contribution in [-0.4, -0.2) is 21.8 Å². The highest BCUT2D eigenvalue weighted by atomic mass is 32.2. The summed E-state index contributed by atoms with van der Waals surface area (Å²) in [6.45, 7) is 1.78. The summed E-state index contributed by atoms with van der Waals surface area (Å²) in [6, 6.07) is 0. The Hall–Kier alpha value is -1.03. The third-order valence-electron chi connectivity index (χ3n) is 2.06. The summed E-state index contributed by atoms with van der Waals surface area (Å²) < 4.78 is 27.8. The van der Waals surface area contributed by atoms with Gasteiger partial charge in [0.2, 0.25) is 0 Å². The van der Waals surface area contributed by atoms with E-state index in [2.05, 4.69) is 0 Å². The first-order chi connectivity index (χ1) is 6.45. The van der Waals surface area contributed by atoms with Crippen molar-refractivity contribution >= 4 is 9.84 Å². The average Bonchev–Trinajstić information content (AvgIpc) is 2.25. The highest BCUT2D eigenvalue weighted by Gasteiger charge is 2.14. The number of methoxy groups -OCH3 is 1. The standard InChI is InChI=1S/C10H14O3S/c1-8-4-5-9(13-2)6-7-10(8)14(3,11)12/h4-5,7H,6H2,1-3H3. The maximum Gasteiger partial charge on any atom is 0.175 e. The van der Waals surface area contributed by atoms with Crippen molar-refractivity contribution in [1.82, 2.24) is 0 Å². The third-order valence-corrected chi connectivity index (χ3v) is 3.35. The smallest absolute Gasteiger partial charge is 0.175 e. The summed E-state index contributed by atoms with van der Waals surface area (Å²) in [4.78, 5) is 0.390. The van der Waals surface area contributed by atoms with Crippen molar-refractivity contribution in [2.45, 2.75) is 13.3 Å². The maximum absolute atomic E-state index is 11.4. The van der Waals surface area contributed by atoms with Crippen LogP contribution in [0.15, 0.2) is 34.5 Å². The van der Waals surface area contributed by atoms with E-state index in [0.29, 0.717) is 11.3 Å². The molecule has 0 bridgehead atoms. The lowest BCUT2D eigenvalue weighted by atomic mass is 10.3. The molecule has 0 amide bonds. The van der Waals surface area contributed by atoms with Crippen LogP contribution in [0.3, 0.4) is 0 Å². The van der Waals surface area contributed by atoms with Gasteiger partial charge in [-0.1, -0.05) is 12.2 Å². The Balaban J connectivity index is 3.11. The minimum Gasteiger partial charge on any atom is -0.501 e. The van der Waals surface area contributed by atoms with Crippen LogP contribution in [0.25, 0.3) is 0 Å². The van der Waals surface area contributed by atoms with E-state index in [0.717, 1.165) is 11.3 Å². The van der Waals surface area contributed by atoms with Gasteiger partial charge < -0.3 is 4.74 Å². The molecule has 0 saturated carbocycles. The Morgan fingerprint density at radius 1 is 1.36 bits per heavy atom. The first kappa shape index (κ1) is 11.0. The van der Waals surface area contributed by atoms with Crippen molar-refractivity contribution in [2.24, 2.45) is 0 Å². The predicted molar refractivity (Wildman–Crippen MR) is 56.4 cm³/mol. The van der Waals surface area contributed by atoms with Crippen molar-refractivity contribution in [3.63, 3.8) is 0 Å². The summed E-state index contributed by atoms with van der Waals surface area (Å²) >= 11 is 0. The normalized spacial score (nSPS) is 17.8. The molecule has 0 atom stereocenters. The molecule has 0 aliphatic heterocycles. The number of hydrogen-bond donors (Lipinski definition) is 0. The van der Waals surface area contributed by atoms with Gasteiger partial charge in [0.25, 0.3) is 0 Å². The molecule has 14 heavy (non-hydrogen) atoms. The minimum atomic E-state index is -3.13. The zero-order valence-corrected chi connectivity index (χ0v) is 9.39. The Morgan fingerprint density at radius 3 is 2.50 bits per heavy atom. The van der Waals surface area contributed by atoms with Crippen LogP contribution >= 0.6 is 0 Å². The van der Waals surface area contributed by atoms with Gasteiger partial charge in [-0.15, -0.1) is 0 Å². The van der Waals surface area contributed by atoms with E-state index in [1.54, 1.807) is 32.3 Å². The quantitative estimate of drug-likeness (QED) is 0.704. The van der Waals surface area contributed by atoms with Crippen molar-refractivity contribution in [3.8, 4) is 0 Å². The van der Waals surface area contributed by atoms with Gasteiger partial charge in [-0.3, -0.25) is 0 Å².